The average Bonchev–Trinajstić information content (AvgIpc) is 2.89. The molecular formula is C32H32N2OS. The quantitative estimate of drug-likeness (QED) is 0.218. The van der Waals surface area contributed by atoms with E-state index >= 15 is 0 Å². The zero-order valence-corrected chi connectivity index (χ0v) is 21.9. The first kappa shape index (κ1) is 23.3. The molecule has 0 atom stereocenters. The highest BCUT2D eigenvalue weighted by atomic mass is 32.2. The van der Waals surface area contributed by atoms with Gasteiger partial charge < -0.3 is 0 Å². The molecule has 1 heterocycles. The third-order valence-electron chi connectivity index (χ3n) is 7.98. The summed E-state index contributed by atoms with van der Waals surface area (Å²) in [6.45, 7) is 4.19. The highest BCUT2D eigenvalue weighted by Gasteiger charge is 2.43. The van der Waals surface area contributed by atoms with Crippen molar-refractivity contribution in [2.45, 2.75) is 68.7 Å². The first-order chi connectivity index (χ1) is 17.5. The van der Waals surface area contributed by atoms with Crippen molar-refractivity contribution in [2.24, 2.45) is 0 Å². The zero-order chi connectivity index (χ0) is 24.7. The molecule has 4 aromatic rings. The minimum absolute atomic E-state index is 0.112. The molecule has 0 radical (unpaired) electrons. The van der Waals surface area contributed by atoms with Crippen molar-refractivity contribution in [3.8, 4) is 16.9 Å². The van der Waals surface area contributed by atoms with Crippen LogP contribution in [0.1, 0.15) is 59.9 Å². The average molecular weight is 493 g/mol. The monoisotopic (exact) mass is 492 g/mol. The van der Waals surface area contributed by atoms with Gasteiger partial charge in [-0.05, 0) is 56.4 Å². The summed E-state index contributed by atoms with van der Waals surface area (Å²) in [6, 6.07) is 25.5. The van der Waals surface area contributed by atoms with Gasteiger partial charge in [0.1, 0.15) is 0 Å². The lowest BCUT2D eigenvalue weighted by molar-refractivity contribution is 0.283. The molecule has 182 valence electrons. The van der Waals surface area contributed by atoms with Crippen LogP contribution in [0, 0.1) is 13.8 Å². The summed E-state index contributed by atoms with van der Waals surface area (Å²) in [5.41, 5.74) is 8.90. The van der Waals surface area contributed by atoms with Gasteiger partial charge in [0.25, 0.3) is 5.56 Å². The third-order valence-corrected chi connectivity index (χ3v) is 8.99. The van der Waals surface area contributed by atoms with E-state index in [4.69, 9.17) is 4.98 Å². The van der Waals surface area contributed by atoms with Crippen molar-refractivity contribution < 1.29 is 0 Å². The van der Waals surface area contributed by atoms with Crippen LogP contribution in [0.4, 0.5) is 0 Å². The van der Waals surface area contributed by atoms with E-state index in [1.54, 1.807) is 11.8 Å². The molecule has 2 aliphatic carbocycles. The fourth-order valence-corrected chi connectivity index (χ4v) is 7.00. The highest BCUT2D eigenvalue weighted by Crippen LogP contribution is 2.49. The Bertz CT molecular complexity index is 1460. The van der Waals surface area contributed by atoms with Crippen LogP contribution in [-0.4, -0.2) is 9.55 Å². The molecule has 1 fully saturated rings. The largest absolute Gasteiger partial charge is 0.268 e. The Morgan fingerprint density at radius 3 is 2.25 bits per heavy atom. The number of hydrogen-bond donors (Lipinski definition) is 0. The van der Waals surface area contributed by atoms with Crippen molar-refractivity contribution in [1.82, 2.24) is 9.55 Å². The molecule has 0 aliphatic heterocycles. The van der Waals surface area contributed by atoms with Crippen LogP contribution in [0.5, 0.6) is 0 Å². The molecule has 0 saturated heterocycles. The summed E-state index contributed by atoms with van der Waals surface area (Å²) >= 11 is 1.65. The number of aryl methyl sites for hydroxylation is 2. The topological polar surface area (TPSA) is 34.9 Å². The van der Waals surface area contributed by atoms with Crippen molar-refractivity contribution >= 4 is 11.8 Å². The molecule has 1 saturated carbocycles. The molecule has 36 heavy (non-hydrogen) atoms. The van der Waals surface area contributed by atoms with Gasteiger partial charge in [-0.2, -0.15) is 0 Å². The van der Waals surface area contributed by atoms with E-state index in [1.165, 1.54) is 41.5 Å². The molecule has 0 N–H and O–H groups in total. The fourth-order valence-electron chi connectivity index (χ4n) is 6.04. The molecule has 6 rings (SSSR count). The minimum Gasteiger partial charge on any atom is -0.268 e. The molecule has 3 aromatic carbocycles. The van der Waals surface area contributed by atoms with Crippen LogP contribution < -0.4 is 5.56 Å². The molecule has 1 spiro atoms. The summed E-state index contributed by atoms with van der Waals surface area (Å²) in [4.78, 5) is 19.9. The predicted molar refractivity (Wildman–Crippen MR) is 149 cm³/mol. The maximum Gasteiger partial charge on any atom is 0.263 e. The standard InChI is InChI=1S/C32H32N2OS/c1-22-10-14-24(15-11-22)21-36-31-33-29-27-9-5-4-8-25(27)20-32(18-6-3-7-19-32)28(29)30(35)34(31)26-16-12-23(2)13-17-26/h4-5,8-17H,3,6-7,18-21H2,1-2H3. The molecule has 0 bridgehead atoms. The number of hydrogen-bond acceptors (Lipinski definition) is 3. The molecule has 0 amide bonds. The van der Waals surface area contributed by atoms with Gasteiger partial charge >= 0.3 is 0 Å². The molecular weight excluding hydrogens is 460 g/mol. The van der Waals surface area contributed by atoms with E-state index in [1.807, 2.05) is 4.57 Å². The minimum atomic E-state index is -0.112. The van der Waals surface area contributed by atoms with Crippen molar-refractivity contribution in [3.63, 3.8) is 0 Å². The summed E-state index contributed by atoms with van der Waals surface area (Å²) in [7, 11) is 0. The Morgan fingerprint density at radius 1 is 0.861 bits per heavy atom. The van der Waals surface area contributed by atoms with Crippen LogP contribution in [0.3, 0.4) is 0 Å². The predicted octanol–water partition coefficient (Wildman–Crippen LogP) is 7.57. The lowest BCUT2D eigenvalue weighted by atomic mass is 9.62. The maximum absolute atomic E-state index is 14.6. The molecule has 0 unspecified atom stereocenters. The van der Waals surface area contributed by atoms with Gasteiger partial charge in [0, 0.05) is 16.7 Å². The fraction of sp³-hybridized carbons (Fsp3) is 0.312. The van der Waals surface area contributed by atoms with Gasteiger partial charge in [-0.25, -0.2) is 4.98 Å². The number of aromatic nitrogens is 2. The van der Waals surface area contributed by atoms with Gasteiger partial charge in [0.05, 0.1) is 16.9 Å². The first-order valence-electron chi connectivity index (χ1n) is 13.1. The molecule has 1 aromatic heterocycles. The lowest BCUT2D eigenvalue weighted by Crippen LogP contribution is -2.42. The number of benzene rings is 3. The molecule has 3 nitrogen and oxygen atoms in total. The van der Waals surface area contributed by atoms with Gasteiger partial charge in [-0.1, -0.05) is 103 Å². The number of nitrogens with zero attached hydrogens (tertiary/aromatic N) is 2. The van der Waals surface area contributed by atoms with Gasteiger partial charge in [-0.3, -0.25) is 9.36 Å². The van der Waals surface area contributed by atoms with Crippen LogP contribution >= 0.6 is 11.8 Å². The number of rotatable bonds is 4. The van der Waals surface area contributed by atoms with Gasteiger partial charge in [0.2, 0.25) is 0 Å². The highest BCUT2D eigenvalue weighted by molar-refractivity contribution is 7.98. The Hall–Kier alpha value is -3.11. The summed E-state index contributed by atoms with van der Waals surface area (Å²) < 4.78 is 1.89. The van der Waals surface area contributed by atoms with Crippen LogP contribution in [0.15, 0.2) is 82.7 Å². The van der Waals surface area contributed by atoms with E-state index in [-0.39, 0.29) is 11.0 Å². The Kier molecular flexibility index (Phi) is 6.08. The summed E-state index contributed by atoms with van der Waals surface area (Å²) in [5.74, 6) is 0.768. The first-order valence-corrected chi connectivity index (χ1v) is 14.0. The van der Waals surface area contributed by atoms with Crippen molar-refractivity contribution in [3.05, 3.63) is 111 Å². The summed E-state index contributed by atoms with van der Waals surface area (Å²) in [6.07, 6.45) is 6.68. The Morgan fingerprint density at radius 2 is 1.53 bits per heavy atom. The van der Waals surface area contributed by atoms with Crippen molar-refractivity contribution in [2.75, 3.05) is 0 Å². The molecule has 4 heteroatoms. The third kappa shape index (κ3) is 4.12. The van der Waals surface area contributed by atoms with Gasteiger partial charge in [0.15, 0.2) is 5.16 Å². The summed E-state index contributed by atoms with van der Waals surface area (Å²) in [5, 5.41) is 0.769. The second-order valence-electron chi connectivity index (χ2n) is 10.5. The van der Waals surface area contributed by atoms with E-state index in [2.05, 4.69) is 86.6 Å². The Balaban J connectivity index is 1.56. The van der Waals surface area contributed by atoms with Gasteiger partial charge in [-0.15, -0.1) is 0 Å². The normalized spacial score (nSPS) is 15.9. The van der Waals surface area contributed by atoms with E-state index in [9.17, 15) is 4.79 Å². The Labute approximate surface area is 217 Å². The van der Waals surface area contributed by atoms with Crippen molar-refractivity contribution in [1.29, 1.82) is 0 Å². The maximum atomic E-state index is 14.6. The van der Waals surface area contributed by atoms with Crippen LogP contribution in [0.25, 0.3) is 16.9 Å². The number of fused-ring (bicyclic) bond motifs is 4. The smallest absolute Gasteiger partial charge is 0.263 e. The SMILES string of the molecule is Cc1ccc(CSc2nc3c(c(=O)n2-c2ccc(C)cc2)C2(CCCCC2)Cc2ccccc2-3)cc1. The second-order valence-corrected chi connectivity index (χ2v) is 11.5. The van der Waals surface area contributed by atoms with E-state index < -0.39 is 0 Å². The lowest BCUT2D eigenvalue weighted by Gasteiger charge is -2.42. The van der Waals surface area contributed by atoms with E-state index in [0.717, 1.165) is 52.7 Å². The zero-order valence-electron chi connectivity index (χ0n) is 21.1. The van der Waals surface area contributed by atoms with Crippen LogP contribution in [0.2, 0.25) is 0 Å². The van der Waals surface area contributed by atoms with E-state index in [0.29, 0.717) is 0 Å². The van der Waals surface area contributed by atoms with Crippen LogP contribution in [-0.2, 0) is 17.6 Å². The second kappa shape index (κ2) is 9.40. The molecule has 2 aliphatic rings. The number of thioether (sulfide) groups is 1.